The Morgan fingerprint density at radius 1 is 1.08 bits per heavy atom. The van der Waals surface area contributed by atoms with Crippen molar-refractivity contribution >= 4 is 57.5 Å². The Bertz CT molecular complexity index is 1820. The lowest BCUT2D eigenvalue weighted by Crippen LogP contribution is -2.36. The second-order valence-electron chi connectivity index (χ2n) is 10.9. The van der Waals surface area contributed by atoms with E-state index < -0.39 is 30.3 Å². The van der Waals surface area contributed by atoms with Crippen LogP contribution in [0, 0.1) is 0 Å². The molecule has 0 bridgehead atoms. The number of fused-ring (bicyclic) bond motifs is 1. The molecule has 4 aromatic rings. The number of nitrogens with zero attached hydrogens (tertiary/aromatic N) is 2. The van der Waals surface area contributed by atoms with Gasteiger partial charge in [-0.05, 0) is 72.0 Å². The van der Waals surface area contributed by atoms with E-state index in [1.807, 2.05) is 25.1 Å². The Balaban J connectivity index is 1.27. The number of nitrogens with one attached hydrogen (secondary N) is 3. The highest BCUT2D eigenvalue weighted by atomic mass is 35.5. The number of hydrogen-bond acceptors (Lipinski definition) is 8. The molecule has 5 N–H and O–H groups in total. The van der Waals surface area contributed by atoms with Gasteiger partial charge in [-0.3, -0.25) is 4.79 Å². The summed E-state index contributed by atoms with van der Waals surface area (Å²) in [7, 11) is 0. The molecule has 1 unspecified atom stereocenters. The van der Waals surface area contributed by atoms with Crippen molar-refractivity contribution in [1.29, 1.82) is 0 Å². The number of carbonyl (C=O) groups excluding carboxylic acids is 3. The maximum Gasteiger partial charge on any atom is 0.490 e. The molecule has 1 aromatic heterocycles. The Kier molecular flexibility index (Phi) is 10.4. The van der Waals surface area contributed by atoms with E-state index in [4.69, 9.17) is 22.1 Å². The number of halogens is 4. The van der Waals surface area contributed by atoms with E-state index in [2.05, 4.69) is 25.7 Å². The molecule has 252 valence electrons. The minimum Gasteiger partial charge on any atom is -0.492 e. The minimum absolute atomic E-state index is 0.0840. The second-order valence-corrected chi connectivity index (χ2v) is 11.3. The van der Waals surface area contributed by atoms with Crippen LogP contribution in [0.2, 0.25) is 5.02 Å². The van der Waals surface area contributed by atoms with Gasteiger partial charge < -0.3 is 36.1 Å². The molecule has 2 heterocycles. The van der Waals surface area contributed by atoms with E-state index in [1.54, 1.807) is 54.7 Å². The van der Waals surface area contributed by atoms with E-state index in [-0.39, 0.29) is 32.0 Å². The van der Waals surface area contributed by atoms with Gasteiger partial charge >= 0.3 is 18.2 Å². The van der Waals surface area contributed by atoms with Crippen LogP contribution < -0.4 is 26.4 Å². The molecule has 5 rings (SSSR count). The third kappa shape index (κ3) is 8.37. The lowest BCUT2D eigenvalue weighted by Gasteiger charge is -2.22. The van der Waals surface area contributed by atoms with Crippen LogP contribution in [-0.4, -0.2) is 59.8 Å². The maximum absolute atomic E-state index is 13.7. The van der Waals surface area contributed by atoms with Crippen molar-refractivity contribution in [2.45, 2.75) is 38.2 Å². The first-order valence-corrected chi connectivity index (χ1v) is 15.3. The predicted molar refractivity (Wildman–Crippen MR) is 175 cm³/mol. The van der Waals surface area contributed by atoms with Crippen molar-refractivity contribution in [3.63, 3.8) is 0 Å². The highest BCUT2D eigenvalue weighted by Gasteiger charge is 2.43. The molecule has 1 aliphatic rings. The average Bonchev–Trinajstić information content (AvgIpc) is 3.52. The average molecular weight is 685 g/mol. The van der Waals surface area contributed by atoms with E-state index in [9.17, 15) is 27.6 Å². The normalized spacial score (nSPS) is 15.1. The number of alkyl halides is 3. The zero-order valence-corrected chi connectivity index (χ0v) is 26.4. The van der Waals surface area contributed by atoms with E-state index >= 15 is 0 Å². The first-order valence-electron chi connectivity index (χ1n) is 14.9. The molecule has 11 nitrogen and oxygen atoms in total. The third-order valence-electron chi connectivity index (χ3n) is 7.54. The van der Waals surface area contributed by atoms with Gasteiger partial charge in [0.15, 0.2) is 0 Å². The fourth-order valence-corrected chi connectivity index (χ4v) is 5.38. The van der Waals surface area contributed by atoms with Gasteiger partial charge in [0.25, 0.3) is 0 Å². The largest absolute Gasteiger partial charge is 0.492 e. The number of carbonyl (C=O) groups is 3. The lowest BCUT2D eigenvalue weighted by molar-refractivity contribution is -0.204. The Hall–Kier alpha value is -5.24. The molecule has 0 aliphatic carbocycles. The Morgan fingerprint density at radius 2 is 1.90 bits per heavy atom. The minimum atomic E-state index is -5.10. The number of rotatable bonds is 10. The van der Waals surface area contributed by atoms with Crippen molar-refractivity contribution in [1.82, 2.24) is 15.2 Å². The lowest BCUT2D eigenvalue weighted by atomic mass is 10.0. The number of benzene rings is 3. The molecule has 3 aromatic carbocycles. The van der Waals surface area contributed by atoms with Crippen LogP contribution in [0.25, 0.3) is 10.8 Å². The monoisotopic (exact) mass is 684 g/mol. The summed E-state index contributed by atoms with van der Waals surface area (Å²) in [6.07, 6.45) is -4.47. The van der Waals surface area contributed by atoms with Gasteiger partial charge in [-0.15, -0.1) is 0 Å². The summed E-state index contributed by atoms with van der Waals surface area (Å²) in [6.45, 7) is 2.25. The van der Waals surface area contributed by atoms with Crippen LogP contribution in [-0.2, 0) is 20.9 Å². The molecule has 0 spiro atoms. The van der Waals surface area contributed by atoms with Crippen LogP contribution in [0.4, 0.5) is 35.2 Å². The van der Waals surface area contributed by atoms with Crippen molar-refractivity contribution in [3.05, 3.63) is 89.1 Å². The van der Waals surface area contributed by atoms with Crippen LogP contribution in [0.1, 0.15) is 30.5 Å². The first-order chi connectivity index (χ1) is 22.9. The number of nitrogens with two attached hydrogens (primary N) is 1. The van der Waals surface area contributed by atoms with Gasteiger partial charge in [0, 0.05) is 42.5 Å². The predicted octanol–water partition coefficient (Wildman–Crippen LogP) is 6.05. The zero-order valence-electron chi connectivity index (χ0n) is 25.6. The zero-order chi connectivity index (χ0) is 34.4. The number of ether oxygens (including phenoxy) is 2. The smallest absolute Gasteiger partial charge is 0.490 e. The summed E-state index contributed by atoms with van der Waals surface area (Å²) in [5.74, 6) is -1.82. The number of hydrogen-bond donors (Lipinski definition) is 4. The van der Waals surface area contributed by atoms with Crippen LogP contribution >= 0.6 is 11.6 Å². The highest BCUT2D eigenvalue weighted by Crippen LogP contribution is 2.31. The van der Waals surface area contributed by atoms with Gasteiger partial charge in [0.05, 0.1) is 18.2 Å². The van der Waals surface area contributed by atoms with Gasteiger partial charge in [0.2, 0.25) is 5.91 Å². The summed E-state index contributed by atoms with van der Waals surface area (Å²) in [5, 5.41) is 10.9. The van der Waals surface area contributed by atoms with Crippen LogP contribution in [0.5, 0.6) is 5.75 Å². The van der Waals surface area contributed by atoms with Crippen LogP contribution in [0.3, 0.4) is 0 Å². The van der Waals surface area contributed by atoms with Gasteiger partial charge in [-0.2, -0.15) is 13.2 Å². The summed E-state index contributed by atoms with van der Waals surface area (Å²) < 4.78 is 47.7. The molecule has 1 aliphatic heterocycles. The molecule has 0 saturated carbocycles. The summed E-state index contributed by atoms with van der Waals surface area (Å²) >= 11 is 6.32. The molecular formula is C33H32ClF3N6O5. The summed E-state index contributed by atoms with van der Waals surface area (Å²) in [6, 6.07) is 17.7. The SMILES string of the molecule is CCOc1cc(C(Nc2ccc3c(N)nccc3c2)C(=O)NCc2cccc(NC(=O)N3CC[C@H](OC(=O)C(F)(F)F)C3)c2)ccc1Cl. The number of urea groups is 1. The second kappa shape index (κ2) is 14.7. The molecule has 15 heteroatoms. The van der Waals surface area contributed by atoms with Crippen LogP contribution in [0.15, 0.2) is 72.9 Å². The van der Waals surface area contributed by atoms with Gasteiger partial charge in [0.1, 0.15) is 23.7 Å². The van der Waals surface area contributed by atoms with Gasteiger partial charge in [-0.1, -0.05) is 29.8 Å². The van der Waals surface area contributed by atoms with E-state index in [1.165, 1.54) is 4.90 Å². The summed E-state index contributed by atoms with van der Waals surface area (Å²) in [5.41, 5.74) is 8.33. The highest BCUT2D eigenvalue weighted by molar-refractivity contribution is 6.32. The molecule has 48 heavy (non-hydrogen) atoms. The number of pyridine rings is 1. The molecule has 2 atom stereocenters. The number of aromatic nitrogens is 1. The van der Waals surface area contributed by atoms with Crippen molar-refractivity contribution in [3.8, 4) is 5.75 Å². The number of nitrogen functional groups attached to an aromatic ring is 1. The molecule has 1 fully saturated rings. The fraction of sp³-hybridized carbons (Fsp3) is 0.273. The topological polar surface area (TPSA) is 148 Å². The number of amides is 3. The number of likely N-dealkylation sites (tertiary alicyclic amines) is 1. The number of esters is 1. The number of anilines is 3. The molecule has 0 radical (unpaired) electrons. The third-order valence-corrected chi connectivity index (χ3v) is 7.85. The van der Waals surface area contributed by atoms with E-state index in [0.29, 0.717) is 45.7 Å². The standard InChI is InChI=1S/C33H32ClF3N6O5/c1-2-47-27-16-21(6-9-26(27)34)28(41-23-7-8-25-20(15-23)10-12-39-29(25)38)30(44)40-17-19-4-3-5-22(14-19)42-32(46)43-13-11-24(18-43)48-31(45)33(35,36)37/h3-10,12,14-16,24,28,41H,2,11,13,17-18H2,1H3,(H2,38,39)(H,40,44)(H,42,46)/t24-,28?/m0/s1. The molecule has 1 saturated heterocycles. The first kappa shape index (κ1) is 34.1. The molecule has 3 amide bonds. The Morgan fingerprint density at radius 3 is 2.67 bits per heavy atom. The Labute approximate surface area is 278 Å². The van der Waals surface area contributed by atoms with E-state index in [0.717, 1.165) is 10.8 Å². The maximum atomic E-state index is 13.7. The quantitative estimate of drug-likeness (QED) is 0.148. The molecular weight excluding hydrogens is 653 g/mol. The fourth-order valence-electron chi connectivity index (χ4n) is 5.20. The van der Waals surface area contributed by atoms with Crippen molar-refractivity contribution in [2.24, 2.45) is 0 Å². The van der Waals surface area contributed by atoms with Gasteiger partial charge in [-0.25, -0.2) is 14.6 Å². The van der Waals surface area contributed by atoms with Crippen molar-refractivity contribution < 1.29 is 37.0 Å². The summed E-state index contributed by atoms with van der Waals surface area (Å²) in [4.78, 5) is 43.0. The van der Waals surface area contributed by atoms with Crippen molar-refractivity contribution in [2.75, 3.05) is 36.1 Å².